The fourth-order valence-corrected chi connectivity index (χ4v) is 3.61. The first-order valence-electron chi connectivity index (χ1n) is 7.41. The summed E-state index contributed by atoms with van der Waals surface area (Å²) in [6, 6.07) is 0. The van der Waals surface area contributed by atoms with Gasteiger partial charge in [0.15, 0.2) is 5.13 Å². The van der Waals surface area contributed by atoms with Crippen LogP contribution in [0.3, 0.4) is 0 Å². The number of anilines is 1. The number of carboxylic acid groups (broad SMARTS) is 1. The van der Waals surface area contributed by atoms with Crippen molar-refractivity contribution in [1.29, 1.82) is 0 Å². The number of aliphatic carboxylic acids is 1. The maximum absolute atomic E-state index is 11.2. The minimum absolute atomic E-state index is 0.645. The standard InChI is InChI=1S/C15H22N2O2S/c1-15(2,13(18)19)12-8-20-14(17-12)16-7-11(9-3-4-9)10-5-6-10/h8-11H,3-7H2,1-2H3,(H,16,17)(H,18,19). The van der Waals surface area contributed by atoms with Crippen molar-refractivity contribution in [2.45, 2.75) is 44.9 Å². The van der Waals surface area contributed by atoms with Gasteiger partial charge in [-0.05, 0) is 57.3 Å². The molecule has 2 aliphatic carbocycles. The number of thiazole rings is 1. The van der Waals surface area contributed by atoms with E-state index in [-0.39, 0.29) is 0 Å². The predicted molar refractivity (Wildman–Crippen MR) is 80.2 cm³/mol. The molecular formula is C15H22N2O2S. The third kappa shape index (κ3) is 2.82. The number of carbonyl (C=O) groups is 1. The van der Waals surface area contributed by atoms with Crippen molar-refractivity contribution in [2.24, 2.45) is 17.8 Å². The molecule has 0 bridgehead atoms. The van der Waals surface area contributed by atoms with Crippen molar-refractivity contribution < 1.29 is 9.90 Å². The molecule has 0 atom stereocenters. The van der Waals surface area contributed by atoms with E-state index in [1.54, 1.807) is 13.8 Å². The molecule has 3 rings (SSSR count). The number of nitrogens with one attached hydrogen (secondary N) is 1. The van der Waals surface area contributed by atoms with E-state index >= 15 is 0 Å². The van der Waals surface area contributed by atoms with E-state index in [4.69, 9.17) is 0 Å². The molecule has 1 aromatic heterocycles. The molecule has 0 amide bonds. The molecule has 20 heavy (non-hydrogen) atoms. The Morgan fingerprint density at radius 1 is 1.45 bits per heavy atom. The Morgan fingerprint density at radius 2 is 2.05 bits per heavy atom. The van der Waals surface area contributed by atoms with E-state index in [1.165, 1.54) is 37.0 Å². The number of nitrogens with zero attached hydrogens (tertiary/aromatic N) is 1. The first-order chi connectivity index (χ1) is 9.48. The van der Waals surface area contributed by atoms with Crippen molar-refractivity contribution in [2.75, 3.05) is 11.9 Å². The van der Waals surface area contributed by atoms with E-state index in [9.17, 15) is 9.90 Å². The molecular weight excluding hydrogens is 272 g/mol. The largest absolute Gasteiger partial charge is 0.481 e. The topological polar surface area (TPSA) is 62.2 Å². The molecule has 110 valence electrons. The molecule has 0 radical (unpaired) electrons. The first kappa shape index (κ1) is 13.9. The Morgan fingerprint density at radius 3 is 2.55 bits per heavy atom. The van der Waals surface area contributed by atoms with Crippen molar-refractivity contribution in [3.8, 4) is 0 Å². The molecule has 5 heteroatoms. The van der Waals surface area contributed by atoms with Crippen molar-refractivity contribution in [1.82, 2.24) is 4.98 Å². The van der Waals surface area contributed by atoms with Gasteiger partial charge in [0.25, 0.3) is 0 Å². The summed E-state index contributed by atoms with van der Waals surface area (Å²) in [6.07, 6.45) is 5.55. The van der Waals surface area contributed by atoms with Crippen LogP contribution in [0.4, 0.5) is 5.13 Å². The Labute approximate surface area is 123 Å². The van der Waals surface area contributed by atoms with Gasteiger partial charge < -0.3 is 10.4 Å². The number of carboxylic acids is 1. The highest BCUT2D eigenvalue weighted by atomic mass is 32.1. The second-order valence-electron chi connectivity index (χ2n) is 6.69. The van der Waals surface area contributed by atoms with E-state index in [0.29, 0.717) is 5.69 Å². The van der Waals surface area contributed by atoms with Gasteiger partial charge in [-0.2, -0.15) is 0 Å². The van der Waals surface area contributed by atoms with Crippen LogP contribution in [-0.2, 0) is 10.2 Å². The summed E-state index contributed by atoms with van der Waals surface area (Å²) >= 11 is 1.51. The van der Waals surface area contributed by atoms with E-state index < -0.39 is 11.4 Å². The molecule has 1 aromatic rings. The molecule has 1 heterocycles. The zero-order valence-corrected chi connectivity index (χ0v) is 12.9. The highest BCUT2D eigenvalue weighted by Crippen LogP contribution is 2.49. The Balaban J connectivity index is 1.61. The normalized spacial score (nSPS) is 19.4. The minimum atomic E-state index is -0.914. The molecule has 0 aliphatic heterocycles. The monoisotopic (exact) mass is 294 g/mol. The SMILES string of the molecule is CC(C)(C(=O)O)c1csc(NCC(C2CC2)C2CC2)n1. The third-order valence-electron chi connectivity index (χ3n) is 4.62. The Bertz CT molecular complexity index is 492. The average molecular weight is 294 g/mol. The zero-order valence-electron chi connectivity index (χ0n) is 12.1. The van der Waals surface area contributed by atoms with Gasteiger partial charge in [0, 0.05) is 11.9 Å². The third-order valence-corrected chi connectivity index (χ3v) is 5.42. The minimum Gasteiger partial charge on any atom is -0.481 e. The Hall–Kier alpha value is -1.10. The second kappa shape index (κ2) is 5.02. The van der Waals surface area contributed by atoms with Crippen molar-refractivity contribution >= 4 is 22.4 Å². The van der Waals surface area contributed by atoms with Gasteiger partial charge in [-0.1, -0.05) is 0 Å². The van der Waals surface area contributed by atoms with Crippen LogP contribution in [0.25, 0.3) is 0 Å². The van der Waals surface area contributed by atoms with Crippen LogP contribution in [0.2, 0.25) is 0 Å². The summed E-state index contributed by atoms with van der Waals surface area (Å²) in [7, 11) is 0. The quantitative estimate of drug-likeness (QED) is 0.809. The van der Waals surface area contributed by atoms with Crippen molar-refractivity contribution in [3.63, 3.8) is 0 Å². The average Bonchev–Trinajstić information content (AvgIpc) is 3.30. The van der Waals surface area contributed by atoms with Crippen LogP contribution in [0.15, 0.2) is 5.38 Å². The van der Waals surface area contributed by atoms with Crippen LogP contribution < -0.4 is 5.32 Å². The van der Waals surface area contributed by atoms with Gasteiger partial charge in [0.2, 0.25) is 0 Å². The summed E-state index contributed by atoms with van der Waals surface area (Å²) in [5, 5.41) is 15.4. The van der Waals surface area contributed by atoms with Gasteiger partial charge in [0.1, 0.15) is 5.41 Å². The van der Waals surface area contributed by atoms with Gasteiger partial charge in [-0.15, -0.1) is 11.3 Å². The second-order valence-corrected chi connectivity index (χ2v) is 7.55. The molecule has 0 unspecified atom stereocenters. The summed E-state index contributed by atoms with van der Waals surface area (Å²) in [5.74, 6) is 1.81. The molecule has 2 saturated carbocycles. The van der Waals surface area contributed by atoms with Crippen LogP contribution in [-0.4, -0.2) is 22.6 Å². The smallest absolute Gasteiger partial charge is 0.315 e. The van der Waals surface area contributed by atoms with Crippen LogP contribution >= 0.6 is 11.3 Å². The summed E-state index contributed by atoms with van der Waals surface area (Å²) in [4.78, 5) is 15.7. The maximum Gasteiger partial charge on any atom is 0.315 e. The van der Waals surface area contributed by atoms with Gasteiger partial charge in [0.05, 0.1) is 5.69 Å². The number of hydrogen-bond acceptors (Lipinski definition) is 4. The molecule has 0 saturated heterocycles. The fraction of sp³-hybridized carbons (Fsp3) is 0.733. The summed E-state index contributed by atoms with van der Waals surface area (Å²) in [6.45, 7) is 4.40. The number of rotatable bonds is 7. The van der Waals surface area contributed by atoms with Crippen LogP contribution in [0, 0.1) is 17.8 Å². The molecule has 2 N–H and O–H groups in total. The molecule has 0 spiro atoms. The number of hydrogen-bond donors (Lipinski definition) is 2. The highest BCUT2D eigenvalue weighted by Gasteiger charge is 2.41. The van der Waals surface area contributed by atoms with E-state index in [0.717, 1.165) is 29.4 Å². The maximum atomic E-state index is 11.2. The molecule has 0 aromatic carbocycles. The lowest BCUT2D eigenvalue weighted by Gasteiger charge is -2.17. The van der Waals surface area contributed by atoms with Gasteiger partial charge in [-0.25, -0.2) is 4.98 Å². The fourth-order valence-electron chi connectivity index (χ4n) is 2.72. The van der Waals surface area contributed by atoms with Crippen LogP contribution in [0.5, 0.6) is 0 Å². The van der Waals surface area contributed by atoms with Gasteiger partial charge >= 0.3 is 5.97 Å². The molecule has 2 fully saturated rings. The summed E-state index contributed by atoms with van der Waals surface area (Å²) < 4.78 is 0. The molecule has 2 aliphatic rings. The molecule has 4 nitrogen and oxygen atoms in total. The van der Waals surface area contributed by atoms with E-state index in [2.05, 4.69) is 10.3 Å². The highest BCUT2D eigenvalue weighted by molar-refractivity contribution is 7.13. The predicted octanol–water partition coefficient (Wildman–Crippen LogP) is 3.35. The lowest BCUT2D eigenvalue weighted by atomic mass is 9.90. The van der Waals surface area contributed by atoms with Gasteiger partial charge in [-0.3, -0.25) is 4.79 Å². The first-order valence-corrected chi connectivity index (χ1v) is 8.29. The van der Waals surface area contributed by atoms with E-state index in [1.807, 2.05) is 5.38 Å². The lowest BCUT2D eigenvalue weighted by Crippen LogP contribution is -2.29. The zero-order chi connectivity index (χ0) is 14.3. The van der Waals surface area contributed by atoms with Crippen LogP contribution in [0.1, 0.15) is 45.2 Å². The lowest BCUT2D eigenvalue weighted by molar-refractivity contribution is -0.142. The summed E-state index contributed by atoms with van der Waals surface area (Å²) in [5.41, 5.74) is -0.269. The Kier molecular flexibility index (Phi) is 3.48. The van der Waals surface area contributed by atoms with Crippen molar-refractivity contribution in [3.05, 3.63) is 11.1 Å². The number of aromatic nitrogens is 1.